The minimum Gasteiger partial charge on any atom is -0.496 e. The van der Waals surface area contributed by atoms with Crippen molar-refractivity contribution in [2.75, 3.05) is 12.4 Å². The van der Waals surface area contributed by atoms with E-state index >= 15 is 0 Å². The molecule has 0 saturated heterocycles. The molecule has 1 aromatic carbocycles. The van der Waals surface area contributed by atoms with Crippen LogP contribution in [0.2, 0.25) is 0 Å². The lowest BCUT2D eigenvalue weighted by Gasteiger charge is -2.20. The summed E-state index contributed by atoms with van der Waals surface area (Å²) in [6.45, 7) is 7.16. The van der Waals surface area contributed by atoms with Gasteiger partial charge in [-0.2, -0.15) is 5.26 Å². The molecule has 0 fully saturated rings. The van der Waals surface area contributed by atoms with Gasteiger partial charge in [0.2, 0.25) is 0 Å². The van der Waals surface area contributed by atoms with Gasteiger partial charge in [0.05, 0.1) is 19.1 Å². The van der Waals surface area contributed by atoms with Crippen LogP contribution in [0.25, 0.3) is 0 Å². The third-order valence-electron chi connectivity index (χ3n) is 2.54. The van der Waals surface area contributed by atoms with Gasteiger partial charge < -0.3 is 9.47 Å². The highest BCUT2D eigenvalue weighted by Gasteiger charge is 2.17. The summed E-state index contributed by atoms with van der Waals surface area (Å²) in [5.41, 5.74) is 0.736. The van der Waals surface area contributed by atoms with Crippen molar-refractivity contribution in [1.29, 1.82) is 5.26 Å². The molecule has 5 nitrogen and oxygen atoms in total. The zero-order valence-electron chi connectivity index (χ0n) is 12.5. The Morgan fingerprint density at radius 2 is 2.05 bits per heavy atom. The van der Waals surface area contributed by atoms with Crippen molar-refractivity contribution in [3.8, 4) is 11.8 Å². The number of rotatable bonds is 3. The Hall–Kier alpha value is -2.22. The van der Waals surface area contributed by atoms with Crippen molar-refractivity contribution < 1.29 is 14.3 Å². The molecule has 0 aliphatic carbocycles. The highest BCUT2D eigenvalue weighted by Crippen LogP contribution is 2.29. The molecule has 0 radical (unpaired) electrons. The first-order chi connectivity index (χ1) is 9.26. The van der Waals surface area contributed by atoms with Gasteiger partial charge in [-0.05, 0) is 45.9 Å². The van der Waals surface area contributed by atoms with Crippen LogP contribution < -0.4 is 10.1 Å². The second-order valence-corrected chi connectivity index (χ2v) is 5.43. The fraction of sp³-hybridized carbons (Fsp3) is 0.467. The summed E-state index contributed by atoms with van der Waals surface area (Å²) in [4.78, 5) is 11.7. The van der Waals surface area contributed by atoms with E-state index in [2.05, 4.69) is 11.4 Å². The predicted octanol–water partition coefficient (Wildman–Crippen LogP) is 3.67. The number of hydrogen-bond donors (Lipinski definition) is 1. The molecule has 1 unspecified atom stereocenters. The van der Waals surface area contributed by atoms with Crippen molar-refractivity contribution in [2.45, 2.75) is 39.2 Å². The number of carbonyl (C=O) groups excluding carboxylic acids is 1. The normalized spacial score (nSPS) is 12.2. The Balaban J connectivity index is 2.93. The lowest BCUT2D eigenvalue weighted by atomic mass is 10.0. The summed E-state index contributed by atoms with van der Waals surface area (Å²) >= 11 is 0. The van der Waals surface area contributed by atoms with E-state index in [0.29, 0.717) is 11.4 Å². The second-order valence-electron chi connectivity index (χ2n) is 5.43. The van der Waals surface area contributed by atoms with E-state index in [0.717, 1.165) is 5.56 Å². The van der Waals surface area contributed by atoms with Crippen molar-refractivity contribution >= 4 is 11.8 Å². The van der Waals surface area contributed by atoms with Crippen LogP contribution in [0.5, 0.6) is 5.75 Å². The number of nitrogens with zero attached hydrogens (tertiary/aromatic N) is 1. The largest absolute Gasteiger partial charge is 0.496 e. The fourth-order valence-corrected chi connectivity index (χ4v) is 1.64. The molecule has 1 N–H and O–H groups in total. The quantitative estimate of drug-likeness (QED) is 0.914. The Labute approximate surface area is 119 Å². The Bertz CT molecular complexity index is 527. The molecule has 20 heavy (non-hydrogen) atoms. The standard InChI is InChI=1S/C15H20N2O3/c1-10(9-16)12-8-11(6-7-13(12)19-5)17-14(18)20-15(2,3)4/h6-8,10H,1-5H3,(H,17,18). The number of methoxy groups -OCH3 is 1. The first kappa shape index (κ1) is 15.8. The molecule has 0 aliphatic heterocycles. The van der Waals surface area contributed by atoms with Crippen LogP contribution in [0, 0.1) is 11.3 Å². The number of carbonyl (C=O) groups is 1. The summed E-state index contributed by atoms with van der Waals surface area (Å²) in [6.07, 6.45) is -0.529. The van der Waals surface area contributed by atoms with E-state index in [1.807, 2.05) is 0 Å². The van der Waals surface area contributed by atoms with Gasteiger partial charge in [0, 0.05) is 11.3 Å². The number of hydrogen-bond acceptors (Lipinski definition) is 4. The van der Waals surface area contributed by atoms with E-state index in [1.165, 1.54) is 0 Å². The van der Waals surface area contributed by atoms with Crippen LogP contribution in [-0.4, -0.2) is 18.8 Å². The minimum atomic E-state index is -0.556. The molecule has 0 aromatic heterocycles. The van der Waals surface area contributed by atoms with Crippen molar-refractivity contribution in [1.82, 2.24) is 0 Å². The molecule has 0 aliphatic rings. The molecular weight excluding hydrogens is 256 g/mol. The molecule has 0 spiro atoms. The topological polar surface area (TPSA) is 71.3 Å². The van der Waals surface area contributed by atoms with Gasteiger partial charge in [-0.25, -0.2) is 4.79 Å². The Kier molecular flexibility index (Phi) is 4.98. The third-order valence-corrected chi connectivity index (χ3v) is 2.54. The van der Waals surface area contributed by atoms with Gasteiger partial charge >= 0.3 is 6.09 Å². The summed E-state index contributed by atoms with van der Waals surface area (Å²) in [6, 6.07) is 7.29. The number of anilines is 1. The smallest absolute Gasteiger partial charge is 0.412 e. The first-order valence-corrected chi connectivity index (χ1v) is 6.34. The maximum Gasteiger partial charge on any atom is 0.412 e. The molecule has 0 bridgehead atoms. The summed E-state index contributed by atoms with van der Waals surface area (Å²) in [5, 5.41) is 11.7. The van der Waals surface area contributed by atoms with Gasteiger partial charge in [0.15, 0.2) is 0 Å². The average molecular weight is 276 g/mol. The SMILES string of the molecule is COc1ccc(NC(=O)OC(C)(C)C)cc1C(C)C#N. The van der Waals surface area contributed by atoms with Crippen molar-refractivity contribution in [3.05, 3.63) is 23.8 Å². The molecular formula is C15H20N2O3. The second kappa shape index (κ2) is 6.29. The average Bonchev–Trinajstić information content (AvgIpc) is 2.35. The first-order valence-electron chi connectivity index (χ1n) is 6.34. The van der Waals surface area contributed by atoms with Gasteiger partial charge in [-0.15, -0.1) is 0 Å². The van der Waals surface area contributed by atoms with Crippen LogP contribution in [0.15, 0.2) is 18.2 Å². The zero-order valence-corrected chi connectivity index (χ0v) is 12.5. The molecule has 5 heteroatoms. The van der Waals surface area contributed by atoms with Crippen LogP contribution in [0.1, 0.15) is 39.2 Å². The number of amides is 1. The van der Waals surface area contributed by atoms with Crippen molar-refractivity contribution in [2.24, 2.45) is 0 Å². The lowest BCUT2D eigenvalue weighted by Crippen LogP contribution is -2.27. The zero-order chi connectivity index (χ0) is 15.3. The highest BCUT2D eigenvalue weighted by atomic mass is 16.6. The third kappa shape index (κ3) is 4.47. The van der Waals surface area contributed by atoms with Crippen molar-refractivity contribution in [3.63, 3.8) is 0 Å². The minimum absolute atomic E-state index is 0.328. The summed E-state index contributed by atoms with van der Waals surface area (Å²) < 4.78 is 10.4. The molecule has 1 amide bonds. The van der Waals surface area contributed by atoms with Crippen LogP contribution in [-0.2, 0) is 4.74 Å². The van der Waals surface area contributed by atoms with E-state index in [1.54, 1.807) is 53.0 Å². The summed E-state index contributed by atoms with van der Waals surface area (Å²) in [5.74, 6) is 0.291. The van der Waals surface area contributed by atoms with Crippen LogP contribution in [0.4, 0.5) is 10.5 Å². The fourth-order valence-electron chi connectivity index (χ4n) is 1.64. The lowest BCUT2D eigenvalue weighted by molar-refractivity contribution is 0.0636. The maximum atomic E-state index is 11.7. The molecule has 1 aromatic rings. The number of benzene rings is 1. The van der Waals surface area contributed by atoms with E-state index in [-0.39, 0.29) is 5.92 Å². The van der Waals surface area contributed by atoms with Gasteiger partial charge in [-0.3, -0.25) is 5.32 Å². The number of nitrogens with one attached hydrogen (secondary N) is 1. The summed E-state index contributed by atoms with van der Waals surface area (Å²) in [7, 11) is 1.55. The maximum absolute atomic E-state index is 11.7. The van der Waals surface area contributed by atoms with E-state index in [4.69, 9.17) is 14.7 Å². The van der Waals surface area contributed by atoms with Gasteiger partial charge in [-0.1, -0.05) is 0 Å². The molecule has 1 atom stereocenters. The molecule has 0 heterocycles. The Morgan fingerprint density at radius 1 is 1.40 bits per heavy atom. The van der Waals surface area contributed by atoms with Crippen LogP contribution in [0.3, 0.4) is 0 Å². The van der Waals surface area contributed by atoms with Gasteiger partial charge in [0.1, 0.15) is 11.4 Å². The van der Waals surface area contributed by atoms with E-state index in [9.17, 15) is 4.79 Å². The number of nitriles is 1. The van der Waals surface area contributed by atoms with E-state index < -0.39 is 11.7 Å². The van der Waals surface area contributed by atoms with Gasteiger partial charge in [0.25, 0.3) is 0 Å². The Morgan fingerprint density at radius 3 is 2.55 bits per heavy atom. The van der Waals surface area contributed by atoms with Crippen LogP contribution >= 0.6 is 0 Å². The predicted molar refractivity (Wildman–Crippen MR) is 76.9 cm³/mol. The molecule has 108 valence electrons. The molecule has 0 saturated carbocycles. The molecule has 1 rings (SSSR count). The number of ether oxygens (including phenoxy) is 2. The highest BCUT2D eigenvalue weighted by molar-refractivity contribution is 5.85. The monoisotopic (exact) mass is 276 g/mol.